The molecule has 5 rings (SSSR count). The summed E-state index contributed by atoms with van der Waals surface area (Å²) >= 11 is 0. The van der Waals surface area contributed by atoms with Gasteiger partial charge >= 0.3 is 0 Å². The lowest BCUT2D eigenvalue weighted by Crippen LogP contribution is -2.25. The molecule has 2 aliphatic rings. The molecule has 1 saturated heterocycles. The van der Waals surface area contributed by atoms with Gasteiger partial charge < -0.3 is 14.8 Å². The third kappa shape index (κ3) is 5.92. The van der Waals surface area contributed by atoms with E-state index in [1.165, 1.54) is 18.4 Å². The highest BCUT2D eigenvalue weighted by atomic mass is 16.5. The summed E-state index contributed by atoms with van der Waals surface area (Å²) in [5, 5.41) is 3.04. The maximum Gasteiger partial charge on any atom is 0.251 e. The van der Waals surface area contributed by atoms with E-state index in [0.29, 0.717) is 25.2 Å². The summed E-state index contributed by atoms with van der Waals surface area (Å²) in [5.74, 6) is 1.46. The number of amides is 1. The number of hydrogen-bond donors (Lipinski definition) is 1. The lowest BCUT2D eigenvalue weighted by atomic mass is 10.00. The quantitative estimate of drug-likeness (QED) is 0.466. The highest BCUT2D eigenvalue weighted by Gasteiger charge is 2.17. The van der Waals surface area contributed by atoms with E-state index in [2.05, 4.69) is 53.5 Å². The molecule has 5 nitrogen and oxygen atoms in total. The maximum absolute atomic E-state index is 13.1. The highest BCUT2D eigenvalue weighted by molar-refractivity contribution is 6.07. The van der Waals surface area contributed by atoms with Crippen molar-refractivity contribution in [3.8, 4) is 22.6 Å². The fourth-order valence-electron chi connectivity index (χ4n) is 4.60. The van der Waals surface area contributed by atoms with E-state index >= 15 is 0 Å². The summed E-state index contributed by atoms with van der Waals surface area (Å²) < 4.78 is 11.9. The Hall–Kier alpha value is -3.57. The van der Waals surface area contributed by atoms with Crippen molar-refractivity contribution in [2.45, 2.75) is 26.2 Å². The maximum atomic E-state index is 13.1. The van der Waals surface area contributed by atoms with Gasteiger partial charge in [0.15, 0.2) is 0 Å². The van der Waals surface area contributed by atoms with Crippen molar-refractivity contribution in [3.05, 3.63) is 83.4 Å². The van der Waals surface area contributed by atoms with Crippen molar-refractivity contribution in [1.82, 2.24) is 4.90 Å². The minimum absolute atomic E-state index is 0.114. The number of likely N-dealkylation sites (tertiary alicyclic amines) is 1. The van der Waals surface area contributed by atoms with E-state index in [-0.39, 0.29) is 5.91 Å². The molecule has 0 saturated carbocycles. The van der Waals surface area contributed by atoms with E-state index in [9.17, 15) is 4.79 Å². The van der Waals surface area contributed by atoms with Crippen LogP contribution in [-0.2, 0) is 4.79 Å². The number of rotatable bonds is 7. The van der Waals surface area contributed by atoms with E-state index in [4.69, 9.17) is 9.47 Å². The van der Waals surface area contributed by atoms with Gasteiger partial charge in [0.05, 0.1) is 6.61 Å². The zero-order chi connectivity index (χ0) is 24.0. The van der Waals surface area contributed by atoms with Crippen molar-refractivity contribution >= 4 is 17.7 Å². The third-order valence-corrected chi connectivity index (χ3v) is 6.61. The number of carbonyl (C=O) groups excluding carboxylic acids is 1. The van der Waals surface area contributed by atoms with E-state index in [1.807, 2.05) is 36.4 Å². The molecule has 1 fully saturated rings. The topological polar surface area (TPSA) is 50.8 Å². The van der Waals surface area contributed by atoms with Crippen molar-refractivity contribution in [3.63, 3.8) is 0 Å². The number of nitrogens with zero attached hydrogens (tertiary/aromatic N) is 1. The first kappa shape index (κ1) is 23.2. The number of hydrogen-bond acceptors (Lipinski definition) is 4. The molecule has 2 aliphatic heterocycles. The Morgan fingerprint density at radius 2 is 1.80 bits per heavy atom. The van der Waals surface area contributed by atoms with Crippen LogP contribution >= 0.6 is 0 Å². The number of ether oxygens (including phenoxy) is 2. The number of carbonyl (C=O) groups is 1. The van der Waals surface area contributed by atoms with Crippen LogP contribution in [0.15, 0.2) is 72.3 Å². The minimum atomic E-state index is -0.114. The summed E-state index contributed by atoms with van der Waals surface area (Å²) in [6.07, 6.45) is 5.05. The summed E-state index contributed by atoms with van der Waals surface area (Å²) in [6, 6.07) is 22.2. The molecule has 0 unspecified atom stereocenters. The normalized spacial score (nSPS) is 15.5. The lowest BCUT2D eigenvalue weighted by molar-refractivity contribution is -0.113. The number of benzene rings is 3. The van der Waals surface area contributed by atoms with Gasteiger partial charge in [0.1, 0.15) is 18.1 Å². The molecule has 1 N–H and O–H groups in total. The van der Waals surface area contributed by atoms with E-state index in [0.717, 1.165) is 53.5 Å². The van der Waals surface area contributed by atoms with Crippen LogP contribution in [0.5, 0.6) is 11.5 Å². The highest BCUT2D eigenvalue weighted by Crippen LogP contribution is 2.31. The van der Waals surface area contributed by atoms with Crippen molar-refractivity contribution < 1.29 is 14.3 Å². The summed E-state index contributed by atoms with van der Waals surface area (Å²) in [5.41, 5.74) is 5.82. The SMILES string of the molecule is Cc1ccc(-c2ccc3c(c2)C=C(C(=O)Nc2cccc(OCCN4CCCC4)c2)CCO3)cc1. The van der Waals surface area contributed by atoms with Gasteiger partial charge in [-0.15, -0.1) is 0 Å². The first-order chi connectivity index (χ1) is 17.1. The fourth-order valence-corrected chi connectivity index (χ4v) is 4.60. The van der Waals surface area contributed by atoms with Gasteiger partial charge in [0.25, 0.3) is 5.91 Å². The van der Waals surface area contributed by atoms with Gasteiger partial charge in [-0.2, -0.15) is 0 Å². The van der Waals surface area contributed by atoms with Crippen LogP contribution in [-0.4, -0.2) is 43.7 Å². The smallest absolute Gasteiger partial charge is 0.251 e. The molecule has 0 atom stereocenters. The second kappa shape index (κ2) is 10.8. The molecule has 1 amide bonds. The first-order valence-corrected chi connectivity index (χ1v) is 12.5. The zero-order valence-electron chi connectivity index (χ0n) is 20.3. The zero-order valence-corrected chi connectivity index (χ0v) is 20.3. The molecule has 180 valence electrons. The van der Waals surface area contributed by atoms with Crippen molar-refractivity contribution in [1.29, 1.82) is 0 Å². The summed E-state index contributed by atoms with van der Waals surface area (Å²) in [7, 11) is 0. The third-order valence-electron chi connectivity index (χ3n) is 6.61. The second-order valence-corrected chi connectivity index (χ2v) is 9.27. The van der Waals surface area contributed by atoms with Crippen molar-refractivity contribution in [2.75, 3.05) is 38.2 Å². The standard InChI is InChI=1S/C30H32N2O3/c1-22-7-9-23(10-8-22)24-11-12-29-26(19-24)20-25(13-17-35-29)30(33)31-27-5-4-6-28(21-27)34-18-16-32-14-2-3-15-32/h4-12,19-21H,2-3,13-18H2,1H3,(H,31,33). The van der Waals surface area contributed by atoms with Crippen LogP contribution in [0.3, 0.4) is 0 Å². The number of fused-ring (bicyclic) bond motifs is 1. The van der Waals surface area contributed by atoms with E-state index < -0.39 is 0 Å². The van der Waals surface area contributed by atoms with E-state index in [1.54, 1.807) is 0 Å². The number of nitrogens with one attached hydrogen (secondary N) is 1. The molecule has 35 heavy (non-hydrogen) atoms. The Balaban J connectivity index is 1.27. The van der Waals surface area contributed by atoms with Crippen LogP contribution < -0.4 is 14.8 Å². The van der Waals surface area contributed by atoms with Crippen LogP contribution in [0.1, 0.15) is 30.4 Å². The Morgan fingerprint density at radius 3 is 2.63 bits per heavy atom. The molecular weight excluding hydrogens is 436 g/mol. The number of anilines is 1. The van der Waals surface area contributed by atoms with Crippen LogP contribution in [0, 0.1) is 6.92 Å². The monoisotopic (exact) mass is 468 g/mol. The predicted molar refractivity (Wildman–Crippen MR) is 141 cm³/mol. The Kier molecular flexibility index (Phi) is 7.15. The Morgan fingerprint density at radius 1 is 1.00 bits per heavy atom. The molecule has 5 heteroatoms. The molecular formula is C30H32N2O3. The largest absolute Gasteiger partial charge is 0.493 e. The summed E-state index contributed by atoms with van der Waals surface area (Å²) in [4.78, 5) is 15.6. The van der Waals surface area contributed by atoms with Crippen LogP contribution in [0.2, 0.25) is 0 Å². The van der Waals surface area contributed by atoms with Gasteiger partial charge in [-0.3, -0.25) is 9.69 Å². The van der Waals surface area contributed by atoms with Gasteiger partial charge in [-0.1, -0.05) is 42.0 Å². The predicted octanol–water partition coefficient (Wildman–Crippen LogP) is 5.94. The average molecular weight is 469 g/mol. The molecule has 0 spiro atoms. The lowest BCUT2D eigenvalue weighted by Gasteiger charge is -2.15. The van der Waals surface area contributed by atoms with Crippen LogP contribution in [0.4, 0.5) is 5.69 Å². The average Bonchev–Trinajstić information content (AvgIpc) is 3.29. The number of aryl methyl sites for hydroxylation is 1. The van der Waals surface area contributed by atoms with Crippen molar-refractivity contribution in [2.24, 2.45) is 0 Å². The summed E-state index contributed by atoms with van der Waals surface area (Å²) in [6.45, 7) is 6.46. The Labute approximate surface area is 207 Å². The molecule has 0 aromatic heterocycles. The van der Waals surface area contributed by atoms with Gasteiger partial charge in [0, 0.05) is 35.9 Å². The molecule has 3 aromatic rings. The van der Waals surface area contributed by atoms with Gasteiger partial charge in [-0.05, 0) is 74.3 Å². The van der Waals surface area contributed by atoms with Gasteiger partial charge in [-0.25, -0.2) is 0 Å². The van der Waals surface area contributed by atoms with Gasteiger partial charge in [0.2, 0.25) is 0 Å². The minimum Gasteiger partial charge on any atom is -0.493 e. The first-order valence-electron chi connectivity index (χ1n) is 12.5. The molecule has 0 bridgehead atoms. The van der Waals surface area contributed by atoms with Crippen LogP contribution in [0.25, 0.3) is 17.2 Å². The molecule has 3 aromatic carbocycles. The second-order valence-electron chi connectivity index (χ2n) is 9.27. The molecule has 0 radical (unpaired) electrons. The molecule has 0 aliphatic carbocycles. The molecule has 2 heterocycles. The Bertz CT molecular complexity index is 1210. The fraction of sp³-hybridized carbons (Fsp3) is 0.300.